The van der Waals surface area contributed by atoms with Crippen LogP contribution in [-0.4, -0.2) is 28.1 Å². The summed E-state index contributed by atoms with van der Waals surface area (Å²) in [5.41, 5.74) is 0.221. The Morgan fingerprint density at radius 3 is 2.82 bits per heavy atom. The second-order valence-corrected chi connectivity index (χ2v) is 6.67. The van der Waals surface area contributed by atoms with Gasteiger partial charge in [-0.3, -0.25) is 4.57 Å². The molecule has 0 N–H and O–H groups in total. The molecule has 2 aromatic heterocycles. The summed E-state index contributed by atoms with van der Waals surface area (Å²) in [6.45, 7) is 1.42. The van der Waals surface area contributed by atoms with Gasteiger partial charge in [0.1, 0.15) is 23.3 Å². The van der Waals surface area contributed by atoms with Crippen molar-refractivity contribution in [3.63, 3.8) is 0 Å². The van der Waals surface area contributed by atoms with Crippen molar-refractivity contribution in [2.24, 2.45) is 0 Å². The van der Waals surface area contributed by atoms with Gasteiger partial charge in [-0.1, -0.05) is 17.7 Å². The van der Waals surface area contributed by atoms with Crippen LogP contribution in [0.15, 0.2) is 47.4 Å². The normalized spacial score (nSPS) is 12.8. The molecule has 0 fully saturated rings. The zero-order valence-corrected chi connectivity index (χ0v) is 15.7. The number of anilines is 1. The van der Waals surface area contributed by atoms with Crippen molar-refractivity contribution in [2.75, 3.05) is 18.5 Å². The Labute approximate surface area is 164 Å². The third-order valence-corrected chi connectivity index (χ3v) is 4.55. The summed E-state index contributed by atoms with van der Waals surface area (Å²) in [5.74, 6) is 0.847. The van der Waals surface area contributed by atoms with Crippen molar-refractivity contribution >= 4 is 17.4 Å². The van der Waals surface area contributed by atoms with Gasteiger partial charge in [-0.05, 0) is 29.8 Å². The standard InChI is InChI=1S/C19H16ClFN4O3/c1-24-6-7-25-18(24)9-17(23-19(25)26)27-11-12-2-4-15(14(21)8-12)28-13-3-5-16(20)22-10-13/h2-5,8-10H,6-7,11H2,1H3. The van der Waals surface area contributed by atoms with Crippen molar-refractivity contribution in [2.45, 2.75) is 13.2 Å². The number of likely N-dealkylation sites (N-methyl/N-ethyl adjacent to an activating group) is 1. The molecule has 1 aliphatic rings. The first-order chi connectivity index (χ1) is 13.5. The number of fused-ring (bicyclic) bond motifs is 1. The van der Waals surface area contributed by atoms with E-state index in [2.05, 4.69) is 9.97 Å². The molecule has 0 aliphatic carbocycles. The largest absolute Gasteiger partial charge is 0.473 e. The summed E-state index contributed by atoms with van der Waals surface area (Å²) in [6.07, 6.45) is 1.41. The van der Waals surface area contributed by atoms with E-state index in [9.17, 15) is 9.18 Å². The SMILES string of the molecule is CN1CCn2c1cc(OCc1ccc(Oc3ccc(Cl)nc3)c(F)c1)nc2=O. The van der Waals surface area contributed by atoms with Crippen LogP contribution in [0, 0.1) is 5.82 Å². The molecule has 9 heteroatoms. The summed E-state index contributed by atoms with van der Waals surface area (Å²) in [7, 11) is 1.90. The third-order valence-electron chi connectivity index (χ3n) is 4.33. The van der Waals surface area contributed by atoms with Crippen LogP contribution in [0.4, 0.5) is 10.2 Å². The average Bonchev–Trinajstić information content (AvgIpc) is 3.05. The average molecular weight is 403 g/mol. The predicted molar refractivity (Wildman–Crippen MR) is 102 cm³/mol. The molecule has 144 valence electrons. The van der Waals surface area contributed by atoms with Gasteiger partial charge < -0.3 is 14.4 Å². The molecule has 1 aromatic carbocycles. The van der Waals surface area contributed by atoms with Gasteiger partial charge in [0.05, 0.1) is 6.20 Å². The third kappa shape index (κ3) is 3.77. The van der Waals surface area contributed by atoms with Gasteiger partial charge >= 0.3 is 5.69 Å². The Kier molecular flexibility index (Phi) is 4.87. The lowest BCUT2D eigenvalue weighted by molar-refractivity contribution is 0.290. The molecule has 0 saturated heterocycles. The first-order valence-electron chi connectivity index (χ1n) is 8.53. The minimum Gasteiger partial charge on any atom is -0.473 e. The minimum atomic E-state index is -0.544. The highest BCUT2D eigenvalue weighted by Crippen LogP contribution is 2.26. The van der Waals surface area contributed by atoms with Crippen LogP contribution >= 0.6 is 11.6 Å². The van der Waals surface area contributed by atoms with Gasteiger partial charge in [-0.2, -0.15) is 4.98 Å². The predicted octanol–water partition coefficient (Wildman–Crippen LogP) is 3.25. The summed E-state index contributed by atoms with van der Waals surface area (Å²) in [4.78, 5) is 21.8. The number of hydrogen-bond donors (Lipinski definition) is 0. The van der Waals surface area contributed by atoms with Crippen molar-refractivity contribution in [3.05, 3.63) is 69.6 Å². The highest BCUT2D eigenvalue weighted by molar-refractivity contribution is 6.29. The fourth-order valence-corrected chi connectivity index (χ4v) is 2.97. The van der Waals surface area contributed by atoms with E-state index in [1.54, 1.807) is 28.8 Å². The van der Waals surface area contributed by atoms with E-state index in [0.29, 0.717) is 23.0 Å². The number of rotatable bonds is 5. The Balaban J connectivity index is 1.45. The number of nitrogens with zero attached hydrogens (tertiary/aromatic N) is 4. The van der Waals surface area contributed by atoms with Crippen LogP contribution in [0.3, 0.4) is 0 Å². The van der Waals surface area contributed by atoms with E-state index >= 15 is 0 Å². The molecule has 0 unspecified atom stereocenters. The molecule has 0 spiro atoms. The molecule has 7 nitrogen and oxygen atoms in total. The molecule has 1 aliphatic heterocycles. The maximum atomic E-state index is 14.3. The number of pyridine rings is 1. The summed E-state index contributed by atoms with van der Waals surface area (Å²) >= 11 is 5.72. The number of hydrogen-bond acceptors (Lipinski definition) is 6. The molecule has 28 heavy (non-hydrogen) atoms. The summed E-state index contributed by atoms with van der Waals surface area (Å²) in [6, 6.07) is 9.35. The smallest absolute Gasteiger partial charge is 0.352 e. The van der Waals surface area contributed by atoms with E-state index in [0.717, 1.165) is 12.4 Å². The first kappa shape index (κ1) is 18.2. The highest BCUT2D eigenvalue weighted by Gasteiger charge is 2.19. The first-order valence-corrected chi connectivity index (χ1v) is 8.91. The van der Waals surface area contributed by atoms with Crippen LogP contribution in [0.2, 0.25) is 5.15 Å². The van der Waals surface area contributed by atoms with Gasteiger partial charge in [0.25, 0.3) is 0 Å². The summed E-state index contributed by atoms with van der Waals surface area (Å²) < 4.78 is 27.0. The van der Waals surface area contributed by atoms with E-state index in [-0.39, 0.29) is 23.9 Å². The number of aromatic nitrogens is 3. The lowest BCUT2D eigenvalue weighted by Gasteiger charge is -2.12. The lowest BCUT2D eigenvalue weighted by Crippen LogP contribution is -2.22. The zero-order chi connectivity index (χ0) is 19.7. The number of halogens is 2. The second kappa shape index (κ2) is 7.47. The second-order valence-electron chi connectivity index (χ2n) is 6.28. The van der Waals surface area contributed by atoms with Crippen LogP contribution in [0.1, 0.15) is 5.56 Å². The topological polar surface area (TPSA) is 69.5 Å². The zero-order valence-electron chi connectivity index (χ0n) is 14.9. The molecule has 0 saturated carbocycles. The maximum Gasteiger partial charge on any atom is 0.352 e. The molecule has 0 amide bonds. The lowest BCUT2D eigenvalue weighted by atomic mass is 10.2. The Bertz CT molecular complexity index is 1070. The van der Waals surface area contributed by atoms with Gasteiger partial charge in [0, 0.05) is 26.2 Å². The monoisotopic (exact) mass is 402 g/mol. The molecule has 4 rings (SSSR count). The van der Waals surface area contributed by atoms with E-state index < -0.39 is 5.82 Å². The summed E-state index contributed by atoms with van der Waals surface area (Å²) in [5, 5.41) is 0.325. The van der Waals surface area contributed by atoms with Gasteiger partial charge in [-0.15, -0.1) is 0 Å². The van der Waals surface area contributed by atoms with E-state index in [1.165, 1.54) is 18.3 Å². The Morgan fingerprint density at radius 2 is 2.07 bits per heavy atom. The molecule has 3 heterocycles. The van der Waals surface area contributed by atoms with Crippen molar-refractivity contribution in [1.82, 2.24) is 14.5 Å². The van der Waals surface area contributed by atoms with Crippen LogP contribution in [0.25, 0.3) is 0 Å². The van der Waals surface area contributed by atoms with Gasteiger partial charge in [-0.25, -0.2) is 14.2 Å². The van der Waals surface area contributed by atoms with Crippen LogP contribution in [-0.2, 0) is 13.2 Å². The molecular formula is C19H16ClFN4O3. The Hall–Kier alpha value is -3.13. The molecular weight excluding hydrogens is 387 g/mol. The van der Waals surface area contributed by atoms with Crippen molar-refractivity contribution in [3.8, 4) is 17.4 Å². The van der Waals surface area contributed by atoms with Crippen LogP contribution < -0.4 is 20.1 Å². The quantitative estimate of drug-likeness (QED) is 0.610. The Morgan fingerprint density at radius 1 is 1.21 bits per heavy atom. The number of ether oxygens (including phenoxy) is 2. The number of benzene rings is 1. The van der Waals surface area contributed by atoms with Crippen molar-refractivity contribution in [1.29, 1.82) is 0 Å². The maximum absolute atomic E-state index is 14.3. The van der Waals surface area contributed by atoms with Gasteiger partial charge in [0.2, 0.25) is 5.88 Å². The minimum absolute atomic E-state index is 0.0587. The molecule has 0 bridgehead atoms. The van der Waals surface area contributed by atoms with Gasteiger partial charge in [0.15, 0.2) is 11.6 Å². The fraction of sp³-hybridized carbons (Fsp3) is 0.211. The fourth-order valence-electron chi connectivity index (χ4n) is 2.86. The van der Waals surface area contributed by atoms with E-state index in [1.807, 2.05) is 11.9 Å². The molecule has 0 atom stereocenters. The molecule has 0 radical (unpaired) electrons. The highest BCUT2D eigenvalue weighted by atomic mass is 35.5. The van der Waals surface area contributed by atoms with Crippen molar-refractivity contribution < 1.29 is 13.9 Å². The van der Waals surface area contributed by atoms with E-state index in [4.69, 9.17) is 21.1 Å². The van der Waals surface area contributed by atoms with Crippen LogP contribution in [0.5, 0.6) is 17.4 Å². The molecule has 3 aromatic rings.